The zero-order valence-corrected chi connectivity index (χ0v) is 28.2. The number of nitrogens with two attached hydrogens (primary N) is 1. The Morgan fingerprint density at radius 3 is 2.26 bits per heavy atom. The van der Waals surface area contributed by atoms with Crippen LogP contribution in [-0.4, -0.2) is 39.4 Å². The number of carbonyl (C=O) groups is 2. The lowest BCUT2D eigenvalue weighted by atomic mass is 9.77. The molecule has 5 nitrogen and oxygen atoms in total. The monoisotopic (exact) mass is 619 g/mol. The van der Waals surface area contributed by atoms with Crippen molar-refractivity contribution in [3.05, 3.63) is 76.3 Å². The largest absolute Gasteiger partial charge is 0.374 e. The first-order chi connectivity index (χ1) is 20.1. The Hall–Kier alpha value is -2.34. The average molecular weight is 621 g/mol. The van der Waals surface area contributed by atoms with Crippen molar-refractivity contribution in [2.45, 2.75) is 91.4 Å². The topological polar surface area (TPSA) is 75.4 Å². The van der Waals surface area contributed by atoms with Gasteiger partial charge in [0.1, 0.15) is 6.29 Å². The molecular weight excluding hydrogens is 565 g/mol. The maximum absolute atomic E-state index is 11.1. The summed E-state index contributed by atoms with van der Waals surface area (Å²) in [6, 6.07) is 13.9. The number of anilines is 1. The van der Waals surface area contributed by atoms with Gasteiger partial charge in [-0.1, -0.05) is 92.6 Å². The normalized spacial score (nSPS) is 11.7. The van der Waals surface area contributed by atoms with Gasteiger partial charge in [0.05, 0.1) is 0 Å². The molecule has 42 heavy (non-hydrogen) atoms. The molecule has 0 radical (unpaired) electrons. The van der Waals surface area contributed by atoms with E-state index in [0.717, 1.165) is 48.4 Å². The standard InChI is InChI=1S/C17H26N2O2.C10H10Cl2.C8H19N/c1-4-17(11-12-20,10-9-16(18)21)13-19(3)15-7-5-14(2)6-8-15;1-2-3-4-8-5-6-9(11)7-10(8)12;1-3-4-5-6-7-8-9-2/h5-8,12H,4,9-11,13H2,1-3H3,(H2,18,21);2,5-7H,1,3-4H2;9H,3-8H2,1-2H3. The van der Waals surface area contributed by atoms with E-state index >= 15 is 0 Å². The molecule has 1 unspecified atom stereocenters. The van der Waals surface area contributed by atoms with Gasteiger partial charge in [0.2, 0.25) is 5.91 Å². The van der Waals surface area contributed by atoms with Gasteiger partial charge in [0.25, 0.3) is 0 Å². The fourth-order valence-electron chi connectivity index (χ4n) is 4.52. The molecule has 0 bridgehead atoms. The highest BCUT2D eigenvalue weighted by Gasteiger charge is 2.30. The van der Waals surface area contributed by atoms with Crippen LogP contribution in [0.5, 0.6) is 0 Å². The number of allylic oxidation sites excluding steroid dienone is 1. The van der Waals surface area contributed by atoms with E-state index < -0.39 is 0 Å². The molecule has 1 amide bonds. The maximum atomic E-state index is 11.1. The summed E-state index contributed by atoms with van der Waals surface area (Å²) in [6.07, 6.45) is 13.9. The lowest BCUT2D eigenvalue weighted by Crippen LogP contribution is -2.36. The second-order valence-corrected chi connectivity index (χ2v) is 11.8. The number of unbranched alkanes of at least 4 members (excludes halogenated alkanes) is 4. The van der Waals surface area contributed by atoms with Gasteiger partial charge in [-0.05, 0) is 87.9 Å². The summed E-state index contributed by atoms with van der Waals surface area (Å²) < 4.78 is 0. The van der Waals surface area contributed by atoms with E-state index in [1.54, 1.807) is 6.07 Å². The number of carbonyl (C=O) groups excluding carboxylic acids is 2. The molecule has 3 N–H and O–H groups in total. The second kappa shape index (κ2) is 24.1. The van der Waals surface area contributed by atoms with Crippen LogP contribution >= 0.6 is 23.2 Å². The van der Waals surface area contributed by atoms with Crippen molar-refractivity contribution in [3.8, 4) is 0 Å². The number of halogens is 2. The zero-order valence-electron chi connectivity index (χ0n) is 26.7. The van der Waals surface area contributed by atoms with E-state index in [4.69, 9.17) is 28.9 Å². The van der Waals surface area contributed by atoms with Gasteiger partial charge in [-0.3, -0.25) is 4.79 Å². The van der Waals surface area contributed by atoms with Crippen LogP contribution in [0.25, 0.3) is 0 Å². The van der Waals surface area contributed by atoms with E-state index in [1.165, 1.54) is 44.2 Å². The molecule has 0 aliphatic carbocycles. The van der Waals surface area contributed by atoms with Crippen LogP contribution in [-0.2, 0) is 16.0 Å². The molecule has 7 heteroatoms. The molecule has 2 aromatic rings. The molecule has 0 saturated carbocycles. The summed E-state index contributed by atoms with van der Waals surface area (Å²) in [5.41, 5.74) is 8.53. The Kier molecular flexibility index (Phi) is 22.8. The van der Waals surface area contributed by atoms with Gasteiger partial charge in [-0.2, -0.15) is 0 Å². The van der Waals surface area contributed by atoms with Crippen LogP contribution in [0.3, 0.4) is 0 Å². The second-order valence-electron chi connectivity index (χ2n) is 11.0. The maximum Gasteiger partial charge on any atom is 0.217 e. The Bertz CT molecular complexity index is 1010. The summed E-state index contributed by atoms with van der Waals surface area (Å²) in [4.78, 5) is 24.3. The molecule has 1 atom stereocenters. The number of benzene rings is 2. The van der Waals surface area contributed by atoms with E-state index in [-0.39, 0.29) is 11.3 Å². The number of aldehydes is 1. The number of nitrogens with one attached hydrogen (secondary N) is 1. The molecule has 236 valence electrons. The van der Waals surface area contributed by atoms with Crippen LogP contribution in [0.1, 0.15) is 89.2 Å². The molecule has 0 aromatic heterocycles. The van der Waals surface area contributed by atoms with E-state index in [1.807, 2.05) is 32.3 Å². The van der Waals surface area contributed by atoms with Crippen molar-refractivity contribution in [2.75, 3.05) is 32.1 Å². The highest BCUT2D eigenvalue weighted by atomic mass is 35.5. The molecule has 0 fully saturated rings. The number of hydrogen-bond donors (Lipinski definition) is 2. The summed E-state index contributed by atoms with van der Waals surface area (Å²) >= 11 is 11.7. The molecule has 2 aromatic carbocycles. The number of amides is 1. The van der Waals surface area contributed by atoms with Gasteiger partial charge in [-0.15, -0.1) is 6.58 Å². The summed E-state index contributed by atoms with van der Waals surface area (Å²) in [7, 11) is 4.03. The van der Waals surface area contributed by atoms with E-state index in [9.17, 15) is 9.59 Å². The number of nitrogens with zero attached hydrogens (tertiary/aromatic N) is 1. The fraction of sp³-hybridized carbons (Fsp3) is 0.543. The summed E-state index contributed by atoms with van der Waals surface area (Å²) in [6.45, 7) is 11.9. The molecule has 2 rings (SSSR count). The predicted octanol–water partition coefficient (Wildman–Crippen LogP) is 8.97. The quantitative estimate of drug-likeness (QED) is 0.0991. The smallest absolute Gasteiger partial charge is 0.217 e. The first-order valence-corrected chi connectivity index (χ1v) is 16.0. The van der Waals surface area contributed by atoms with Crippen LogP contribution < -0.4 is 16.0 Å². The van der Waals surface area contributed by atoms with E-state index in [0.29, 0.717) is 24.3 Å². The Labute approximate surface area is 266 Å². The van der Waals surface area contributed by atoms with Crippen LogP contribution in [0, 0.1) is 12.3 Å². The number of aryl methyl sites for hydroxylation is 2. The van der Waals surface area contributed by atoms with Crippen LogP contribution in [0.15, 0.2) is 55.1 Å². The highest BCUT2D eigenvalue weighted by Crippen LogP contribution is 2.33. The number of rotatable bonds is 18. The molecule has 0 heterocycles. The minimum absolute atomic E-state index is 0.198. The summed E-state index contributed by atoms with van der Waals surface area (Å²) in [5.74, 6) is -0.309. The predicted molar refractivity (Wildman–Crippen MR) is 184 cm³/mol. The zero-order chi connectivity index (χ0) is 31.8. The summed E-state index contributed by atoms with van der Waals surface area (Å²) in [5, 5.41) is 4.57. The van der Waals surface area contributed by atoms with Crippen molar-refractivity contribution < 1.29 is 9.59 Å². The van der Waals surface area contributed by atoms with Gasteiger partial charge < -0.3 is 20.7 Å². The van der Waals surface area contributed by atoms with Crippen molar-refractivity contribution in [2.24, 2.45) is 11.1 Å². The van der Waals surface area contributed by atoms with Gasteiger partial charge in [-0.25, -0.2) is 0 Å². The van der Waals surface area contributed by atoms with Gasteiger partial charge in [0.15, 0.2) is 0 Å². The molecule has 0 aliphatic rings. The van der Waals surface area contributed by atoms with Crippen LogP contribution in [0.2, 0.25) is 10.0 Å². The molecule has 0 saturated heterocycles. The number of hydrogen-bond acceptors (Lipinski definition) is 4. The fourth-order valence-corrected chi connectivity index (χ4v) is 5.03. The number of primary amides is 1. The Morgan fingerprint density at radius 1 is 1.07 bits per heavy atom. The van der Waals surface area contributed by atoms with Crippen LogP contribution in [0.4, 0.5) is 5.69 Å². The van der Waals surface area contributed by atoms with Crippen molar-refractivity contribution in [1.29, 1.82) is 0 Å². The third kappa shape index (κ3) is 18.3. The van der Waals surface area contributed by atoms with Crippen molar-refractivity contribution in [3.63, 3.8) is 0 Å². The van der Waals surface area contributed by atoms with Gasteiger partial charge >= 0.3 is 0 Å². The minimum Gasteiger partial charge on any atom is -0.374 e. The van der Waals surface area contributed by atoms with Crippen molar-refractivity contribution in [1.82, 2.24) is 5.32 Å². The average Bonchev–Trinajstić information content (AvgIpc) is 2.96. The lowest BCUT2D eigenvalue weighted by molar-refractivity contribution is -0.119. The highest BCUT2D eigenvalue weighted by molar-refractivity contribution is 6.35. The van der Waals surface area contributed by atoms with E-state index in [2.05, 4.69) is 61.8 Å². The minimum atomic E-state index is -0.309. The Morgan fingerprint density at radius 2 is 1.74 bits per heavy atom. The SMILES string of the molecule is C=CCCc1ccc(Cl)cc1Cl.CCC(CC=O)(CCC(N)=O)CN(C)c1ccc(C)cc1.CCCCCCCNC. The third-order valence-electron chi connectivity index (χ3n) is 7.38. The van der Waals surface area contributed by atoms with Crippen molar-refractivity contribution >= 4 is 41.1 Å². The van der Waals surface area contributed by atoms with Gasteiger partial charge in [0, 0.05) is 42.2 Å². The molecule has 0 aliphatic heterocycles. The first kappa shape index (κ1) is 39.7. The molecular formula is C35H55Cl2N3O2. The molecule has 0 spiro atoms. The first-order valence-electron chi connectivity index (χ1n) is 15.3. The lowest BCUT2D eigenvalue weighted by Gasteiger charge is -2.36. The Balaban J connectivity index is 0.000000673. The third-order valence-corrected chi connectivity index (χ3v) is 7.97.